The predicted octanol–water partition coefficient (Wildman–Crippen LogP) is -0.200. The second kappa shape index (κ2) is 12.0. The molecule has 0 aliphatic carbocycles. The number of hydrogen-bond donors (Lipinski definition) is 4. The third kappa shape index (κ3) is 8.64. The maximum Gasteiger partial charge on any atom is 0.336 e. The molecule has 0 aromatic heterocycles. The van der Waals surface area contributed by atoms with Gasteiger partial charge in [0, 0.05) is 13.1 Å². The van der Waals surface area contributed by atoms with Crippen LogP contribution in [0.15, 0.2) is 4.99 Å². The molecule has 1 aliphatic heterocycles. The van der Waals surface area contributed by atoms with E-state index in [4.69, 9.17) is 21.9 Å². The molecule has 0 spiro atoms. The van der Waals surface area contributed by atoms with Gasteiger partial charge in [-0.1, -0.05) is 13.8 Å². The monoisotopic (exact) mass is 468 g/mol. The Morgan fingerprint density at radius 3 is 2.39 bits per heavy atom. The fraction of sp³-hybridized carbons (Fsp3) is 0.773. The van der Waals surface area contributed by atoms with Gasteiger partial charge in [-0.15, -0.1) is 0 Å². The van der Waals surface area contributed by atoms with Crippen molar-refractivity contribution in [3.05, 3.63) is 0 Å². The number of carbonyl (C=O) groups excluding carboxylic acids is 4. The van der Waals surface area contributed by atoms with Gasteiger partial charge in [0.1, 0.15) is 17.9 Å². The van der Waals surface area contributed by atoms with E-state index in [1.165, 1.54) is 4.90 Å². The Morgan fingerprint density at radius 2 is 1.88 bits per heavy atom. The molecule has 0 bridgehead atoms. The smallest absolute Gasteiger partial charge is 0.336 e. The van der Waals surface area contributed by atoms with E-state index >= 15 is 0 Å². The van der Waals surface area contributed by atoms with Gasteiger partial charge < -0.3 is 36.9 Å². The summed E-state index contributed by atoms with van der Waals surface area (Å²) >= 11 is 0. The first-order valence-electron chi connectivity index (χ1n) is 11.4. The molecule has 3 atom stereocenters. The number of nitrogens with two attached hydrogens (primary N) is 3. The number of guanidine groups is 1. The molecule has 7 N–H and O–H groups in total. The van der Waals surface area contributed by atoms with E-state index in [0.29, 0.717) is 38.5 Å². The van der Waals surface area contributed by atoms with Crippen molar-refractivity contribution in [2.24, 2.45) is 28.1 Å². The van der Waals surface area contributed by atoms with Gasteiger partial charge in [0.2, 0.25) is 5.91 Å². The summed E-state index contributed by atoms with van der Waals surface area (Å²) in [6, 6.07) is -1.57. The lowest BCUT2D eigenvalue weighted by molar-refractivity contribution is -0.168. The molecule has 33 heavy (non-hydrogen) atoms. The highest BCUT2D eigenvalue weighted by molar-refractivity contribution is 6.08. The summed E-state index contributed by atoms with van der Waals surface area (Å²) in [5.41, 5.74) is 14.2. The molecule has 0 aromatic carbocycles. The summed E-state index contributed by atoms with van der Waals surface area (Å²) in [5, 5.41) is 2.67. The first-order chi connectivity index (χ1) is 15.2. The highest BCUT2D eigenvalue weighted by Crippen LogP contribution is 2.27. The van der Waals surface area contributed by atoms with Gasteiger partial charge in [-0.2, -0.15) is 0 Å². The SMILES string of the molecule is CC(C)C[C@@](N)(C(=O)OC(C)(C)C)C(=O)N1CCC[C@H]1C(=O)N[C@H](C=O)CCCN=C(N)N. The van der Waals surface area contributed by atoms with Gasteiger partial charge in [-0.05, 0) is 58.8 Å². The van der Waals surface area contributed by atoms with Crippen LogP contribution in [0.3, 0.4) is 0 Å². The van der Waals surface area contributed by atoms with Gasteiger partial charge in [0.25, 0.3) is 5.91 Å². The van der Waals surface area contributed by atoms with Crippen LogP contribution < -0.4 is 22.5 Å². The molecule has 188 valence electrons. The van der Waals surface area contributed by atoms with Crippen LogP contribution in [-0.2, 0) is 23.9 Å². The molecule has 1 saturated heterocycles. The Bertz CT molecular complexity index is 744. The van der Waals surface area contributed by atoms with Crippen LogP contribution in [0.1, 0.15) is 66.7 Å². The van der Waals surface area contributed by atoms with Gasteiger partial charge >= 0.3 is 5.97 Å². The fourth-order valence-electron chi connectivity index (χ4n) is 3.78. The zero-order valence-corrected chi connectivity index (χ0v) is 20.4. The minimum Gasteiger partial charge on any atom is -0.458 e. The molecule has 0 radical (unpaired) electrons. The Labute approximate surface area is 195 Å². The van der Waals surface area contributed by atoms with E-state index in [2.05, 4.69) is 10.3 Å². The zero-order chi connectivity index (χ0) is 25.4. The molecule has 1 rings (SSSR count). The lowest BCUT2D eigenvalue weighted by atomic mass is 9.87. The van der Waals surface area contributed by atoms with Crippen molar-refractivity contribution >= 4 is 30.0 Å². The molecular formula is C22H40N6O5. The number of nitrogens with zero attached hydrogens (tertiary/aromatic N) is 2. The Hall–Kier alpha value is -2.69. The minimum atomic E-state index is -1.91. The molecule has 1 heterocycles. The van der Waals surface area contributed by atoms with Crippen LogP contribution in [0.4, 0.5) is 0 Å². The average Bonchev–Trinajstić information content (AvgIpc) is 3.17. The van der Waals surface area contributed by atoms with Crippen molar-refractivity contribution in [3.8, 4) is 0 Å². The normalized spacial score (nSPS) is 18.9. The summed E-state index contributed by atoms with van der Waals surface area (Å²) < 4.78 is 5.45. The topological polar surface area (TPSA) is 183 Å². The minimum absolute atomic E-state index is 0.0431. The van der Waals surface area contributed by atoms with Gasteiger partial charge in [0.15, 0.2) is 11.5 Å². The summed E-state index contributed by atoms with van der Waals surface area (Å²) in [6.07, 6.45) is 2.54. The third-order valence-corrected chi connectivity index (χ3v) is 5.15. The van der Waals surface area contributed by atoms with E-state index in [1.807, 2.05) is 13.8 Å². The van der Waals surface area contributed by atoms with Crippen LogP contribution in [-0.4, -0.2) is 71.2 Å². The maximum absolute atomic E-state index is 13.5. The van der Waals surface area contributed by atoms with E-state index in [0.717, 1.165) is 0 Å². The highest BCUT2D eigenvalue weighted by atomic mass is 16.6. The molecule has 11 heteroatoms. The number of likely N-dealkylation sites (tertiary alicyclic amines) is 1. The zero-order valence-electron chi connectivity index (χ0n) is 20.4. The summed E-state index contributed by atoms with van der Waals surface area (Å²) in [6.45, 7) is 9.41. The number of rotatable bonds is 11. The number of aliphatic imine (C=N–C) groups is 1. The van der Waals surface area contributed by atoms with Crippen molar-refractivity contribution < 1.29 is 23.9 Å². The predicted molar refractivity (Wildman–Crippen MR) is 125 cm³/mol. The van der Waals surface area contributed by atoms with Crippen LogP contribution in [0.2, 0.25) is 0 Å². The number of esters is 1. The van der Waals surface area contributed by atoms with Gasteiger partial charge in [-0.3, -0.25) is 14.6 Å². The molecule has 0 unspecified atom stereocenters. The quantitative estimate of drug-likeness (QED) is 0.0802. The average molecular weight is 469 g/mol. The van der Waals surface area contributed by atoms with Crippen LogP contribution in [0.5, 0.6) is 0 Å². The summed E-state index contributed by atoms with van der Waals surface area (Å²) in [5.74, 6) is -2.02. The Kier molecular flexibility index (Phi) is 10.3. The van der Waals surface area contributed by atoms with E-state index in [9.17, 15) is 19.2 Å². The molecular weight excluding hydrogens is 428 g/mol. The third-order valence-electron chi connectivity index (χ3n) is 5.15. The number of amides is 2. The van der Waals surface area contributed by atoms with Crippen LogP contribution in [0.25, 0.3) is 0 Å². The Morgan fingerprint density at radius 1 is 1.24 bits per heavy atom. The van der Waals surface area contributed by atoms with Crippen molar-refractivity contribution in [1.82, 2.24) is 10.2 Å². The number of nitrogens with one attached hydrogen (secondary N) is 1. The largest absolute Gasteiger partial charge is 0.458 e. The number of ether oxygens (including phenoxy) is 1. The standard InChI is InChI=1S/C22H40N6O5/c1-14(2)12-22(25,19(32)33-21(3,4)5)18(31)28-11-7-9-16(28)17(30)27-15(13-29)8-6-10-26-20(23)24/h13-16H,6-12,25H2,1-5H3,(H,27,30)(H4,23,24,26)/t15-,16-,22-/m0/s1. The van der Waals surface area contributed by atoms with E-state index in [-0.39, 0.29) is 24.8 Å². The lowest BCUT2D eigenvalue weighted by Crippen LogP contribution is -2.64. The molecule has 0 aromatic rings. The molecule has 1 aliphatic rings. The first-order valence-corrected chi connectivity index (χ1v) is 11.4. The number of aldehydes is 1. The van der Waals surface area contributed by atoms with E-state index in [1.54, 1.807) is 20.8 Å². The maximum atomic E-state index is 13.5. The highest BCUT2D eigenvalue weighted by Gasteiger charge is 2.50. The molecule has 11 nitrogen and oxygen atoms in total. The van der Waals surface area contributed by atoms with Gasteiger partial charge in [-0.25, -0.2) is 4.79 Å². The molecule has 2 amide bonds. The summed E-state index contributed by atoms with van der Waals surface area (Å²) in [4.78, 5) is 56.0. The summed E-state index contributed by atoms with van der Waals surface area (Å²) in [7, 11) is 0. The lowest BCUT2D eigenvalue weighted by Gasteiger charge is -2.36. The number of hydrogen-bond acceptors (Lipinski definition) is 7. The Balaban J connectivity index is 2.97. The molecule has 1 fully saturated rings. The van der Waals surface area contributed by atoms with Crippen molar-refractivity contribution in [2.45, 2.75) is 89.9 Å². The van der Waals surface area contributed by atoms with Crippen molar-refractivity contribution in [1.29, 1.82) is 0 Å². The first kappa shape index (κ1) is 28.3. The van der Waals surface area contributed by atoms with Crippen LogP contribution in [0, 0.1) is 5.92 Å². The fourth-order valence-corrected chi connectivity index (χ4v) is 3.78. The van der Waals surface area contributed by atoms with E-state index < -0.39 is 41.0 Å². The second-order valence-electron chi connectivity index (χ2n) is 9.93. The van der Waals surface area contributed by atoms with Crippen molar-refractivity contribution in [3.63, 3.8) is 0 Å². The molecule has 0 saturated carbocycles. The van der Waals surface area contributed by atoms with Gasteiger partial charge in [0.05, 0.1) is 6.04 Å². The van der Waals surface area contributed by atoms with Crippen LogP contribution >= 0.6 is 0 Å². The second-order valence-corrected chi connectivity index (χ2v) is 9.93. The number of carbonyl (C=O) groups is 4. The van der Waals surface area contributed by atoms with Crippen molar-refractivity contribution in [2.75, 3.05) is 13.1 Å².